The molecule has 0 fully saturated rings. The summed E-state index contributed by atoms with van der Waals surface area (Å²) in [6, 6.07) is 14.3. The van der Waals surface area contributed by atoms with Gasteiger partial charge in [0, 0.05) is 30.2 Å². The molecule has 0 aliphatic heterocycles. The maximum atomic E-state index is 12.9. The number of fused-ring (bicyclic) bond motifs is 1. The van der Waals surface area contributed by atoms with E-state index in [1.54, 1.807) is 0 Å². The van der Waals surface area contributed by atoms with Crippen LogP contribution >= 0.6 is 0 Å². The molecule has 0 unspecified atom stereocenters. The molecule has 0 atom stereocenters. The monoisotopic (exact) mass is 386 g/mol. The fraction of sp³-hybridized carbons (Fsp3) is 0.250. The predicted octanol–water partition coefficient (Wildman–Crippen LogP) is 4.50. The first kappa shape index (κ1) is 19.0. The minimum absolute atomic E-state index is 0.0661. The second kappa shape index (κ2) is 7.24. The third kappa shape index (κ3) is 3.44. The van der Waals surface area contributed by atoms with Gasteiger partial charge in [-0.15, -0.1) is 0 Å². The van der Waals surface area contributed by atoms with Gasteiger partial charge in [-0.25, -0.2) is 4.98 Å². The Kier molecular flexibility index (Phi) is 4.74. The molecule has 3 heterocycles. The Morgan fingerprint density at radius 3 is 2.34 bits per heavy atom. The molecular formula is C24H26N4O. The van der Waals surface area contributed by atoms with Crippen molar-refractivity contribution in [2.75, 3.05) is 0 Å². The van der Waals surface area contributed by atoms with E-state index in [1.165, 1.54) is 5.56 Å². The number of nitrogens with one attached hydrogen (secondary N) is 1. The first-order valence-electron chi connectivity index (χ1n) is 9.81. The van der Waals surface area contributed by atoms with Crippen LogP contribution in [0, 0.1) is 27.7 Å². The van der Waals surface area contributed by atoms with Gasteiger partial charge in [-0.3, -0.25) is 4.79 Å². The normalized spacial score (nSPS) is 11.2. The first-order valence-corrected chi connectivity index (χ1v) is 9.81. The molecule has 1 amide bonds. The summed E-state index contributed by atoms with van der Waals surface area (Å²) < 4.78 is 4.11. The van der Waals surface area contributed by atoms with Gasteiger partial charge in [-0.1, -0.05) is 35.9 Å². The number of aromatic nitrogens is 3. The topological polar surface area (TPSA) is 51.3 Å². The smallest absolute Gasteiger partial charge is 0.253 e. The molecule has 1 aromatic carbocycles. The van der Waals surface area contributed by atoms with Crippen molar-refractivity contribution in [3.8, 4) is 11.3 Å². The highest BCUT2D eigenvalue weighted by Gasteiger charge is 2.18. The highest BCUT2D eigenvalue weighted by molar-refractivity contribution is 5.95. The third-order valence-corrected chi connectivity index (χ3v) is 5.63. The van der Waals surface area contributed by atoms with E-state index in [0.717, 1.165) is 39.5 Å². The number of carbonyl (C=O) groups is 1. The SMILES string of the molecule is Cc1ccc(-c2nc3ccc(C)cn3c2CNC(=O)c2cc(C)n(C)c2C)cc1. The van der Waals surface area contributed by atoms with Crippen LogP contribution in [-0.2, 0) is 13.6 Å². The summed E-state index contributed by atoms with van der Waals surface area (Å²) in [4.78, 5) is 17.7. The molecule has 4 aromatic rings. The lowest BCUT2D eigenvalue weighted by atomic mass is 10.1. The maximum absolute atomic E-state index is 12.9. The Labute approximate surface area is 171 Å². The summed E-state index contributed by atoms with van der Waals surface area (Å²) in [5.41, 5.74) is 8.90. The number of carbonyl (C=O) groups excluding carboxylic acids is 1. The number of amides is 1. The van der Waals surface area contributed by atoms with E-state index >= 15 is 0 Å². The number of nitrogens with zero attached hydrogens (tertiary/aromatic N) is 3. The second-order valence-corrected chi connectivity index (χ2v) is 7.73. The Morgan fingerprint density at radius 1 is 1.00 bits per heavy atom. The zero-order valence-electron chi connectivity index (χ0n) is 17.6. The first-order chi connectivity index (χ1) is 13.8. The summed E-state index contributed by atoms with van der Waals surface area (Å²) in [6.07, 6.45) is 2.07. The van der Waals surface area contributed by atoms with E-state index in [9.17, 15) is 4.79 Å². The molecule has 0 bridgehead atoms. The molecule has 0 aliphatic rings. The molecule has 4 rings (SSSR count). The molecule has 148 valence electrons. The zero-order valence-corrected chi connectivity index (χ0v) is 17.6. The Morgan fingerprint density at radius 2 is 1.69 bits per heavy atom. The quantitative estimate of drug-likeness (QED) is 0.561. The van der Waals surface area contributed by atoms with Crippen LogP contribution < -0.4 is 5.32 Å². The number of hydrogen-bond donors (Lipinski definition) is 1. The van der Waals surface area contributed by atoms with Crippen LogP contribution in [0.3, 0.4) is 0 Å². The van der Waals surface area contributed by atoms with Crippen molar-refractivity contribution in [1.29, 1.82) is 0 Å². The van der Waals surface area contributed by atoms with E-state index in [0.29, 0.717) is 12.1 Å². The van der Waals surface area contributed by atoms with Gasteiger partial charge in [-0.2, -0.15) is 0 Å². The standard InChI is InChI=1S/C24H26N4O/c1-15-6-9-19(10-7-15)23-21(28-14-16(2)8-11-22(28)26-23)13-25-24(29)20-12-17(3)27(5)18(20)4/h6-12,14H,13H2,1-5H3,(H,25,29). The molecule has 5 nitrogen and oxygen atoms in total. The van der Waals surface area contributed by atoms with Crippen molar-refractivity contribution in [2.24, 2.45) is 7.05 Å². The van der Waals surface area contributed by atoms with Crippen LogP contribution in [-0.4, -0.2) is 19.9 Å². The van der Waals surface area contributed by atoms with Gasteiger partial charge >= 0.3 is 0 Å². The molecule has 3 aromatic heterocycles. The van der Waals surface area contributed by atoms with Crippen molar-refractivity contribution in [1.82, 2.24) is 19.3 Å². The van der Waals surface area contributed by atoms with Crippen LogP contribution in [0.25, 0.3) is 16.9 Å². The van der Waals surface area contributed by atoms with E-state index < -0.39 is 0 Å². The van der Waals surface area contributed by atoms with E-state index in [4.69, 9.17) is 4.98 Å². The number of aryl methyl sites for hydroxylation is 3. The van der Waals surface area contributed by atoms with Gasteiger partial charge in [0.25, 0.3) is 5.91 Å². The zero-order chi connectivity index (χ0) is 20.7. The molecular weight excluding hydrogens is 360 g/mol. The van der Waals surface area contributed by atoms with Gasteiger partial charge < -0.3 is 14.3 Å². The Balaban J connectivity index is 1.72. The Bertz CT molecular complexity index is 1210. The van der Waals surface area contributed by atoms with Gasteiger partial charge in [0.1, 0.15) is 5.65 Å². The lowest BCUT2D eigenvalue weighted by Gasteiger charge is -2.09. The minimum Gasteiger partial charge on any atom is -0.351 e. The lowest BCUT2D eigenvalue weighted by molar-refractivity contribution is 0.0949. The number of benzene rings is 1. The van der Waals surface area contributed by atoms with Gasteiger partial charge in [-0.05, 0) is 45.4 Å². The van der Waals surface area contributed by atoms with E-state index in [1.807, 2.05) is 37.6 Å². The third-order valence-electron chi connectivity index (χ3n) is 5.63. The summed E-state index contributed by atoms with van der Waals surface area (Å²) in [7, 11) is 1.98. The van der Waals surface area contributed by atoms with Crippen LogP contribution in [0.1, 0.15) is 38.6 Å². The van der Waals surface area contributed by atoms with Gasteiger partial charge in [0.2, 0.25) is 0 Å². The molecule has 0 spiro atoms. The van der Waals surface area contributed by atoms with Crippen molar-refractivity contribution < 1.29 is 4.79 Å². The number of pyridine rings is 1. The molecule has 5 heteroatoms. The molecule has 0 saturated carbocycles. The predicted molar refractivity (Wildman–Crippen MR) is 116 cm³/mol. The molecule has 0 radical (unpaired) electrons. The van der Waals surface area contributed by atoms with Crippen LogP contribution in [0.5, 0.6) is 0 Å². The lowest BCUT2D eigenvalue weighted by Crippen LogP contribution is -2.24. The fourth-order valence-electron chi connectivity index (χ4n) is 3.66. The van der Waals surface area contributed by atoms with Crippen LogP contribution in [0.15, 0.2) is 48.7 Å². The van der Waals surface area contributed by atoms with Crippen LogP contribution in [0.2, 0.25) is 0 Å². The highest BCUT2D eigenvalue weighted by Crippen LogP contribution is 2.25. The van der Waals surface area contributed by atoms with E-state index in [2.05, 4.69) is 60.1 Å². The van der Waals surface area contributed by atoms with E-state index in [-0.39, 0.29) is 5.91 Å². The van der Waals surface area contributed by atoms with Crippen molar-refractivity contribution >= 4 is 11.6 Å². The molecule has 0 aliphatic carbocycles. The average Bonchev–Trinajstić information content (AvgIpc) is 3.18. The fourth-order valence-corrected chi connectivity index (χ4v) is 3.66. The number of imidazole rings is 1. The maximum Gasteiger partial charge on any atom is 0.253 e. The molecule has 1 N–H and O–H groups in total. The molecule has 29 heavy (non-hydrogen) atoms. The highest BCUT2D eigenvalue weighted by atomic mass is 16.1. The van der Waals surface area contributed by atoms with Gasteiger partial charge in [0.15, 0.2) is 0 Å². The number of rotatable bonds is 4. The minimum atomic E-state index is -0.0661. The Hall–Kier alpha value is -3.34. The van der Waals surface area contributed by atoms with Gasteiger partial charge in [0.05, 0.1) is 23.5 Å². The van der Waals surface area contributed by atoms with Crippen molar-refractivity contribution in [2.45, 2.75) is 34.2 Å². The van der Waals surface area contributed by atoms with Crippen molar-refractivity contribution in [3.63, 3.8) is 0 Å². The largest absolute Gasteiger partial charge is 0.351 e. The summed E-state index contributed by atoms with van der Waals surface area (Å²) in [5.74, 6) is -0.0661. The number of hydrogen-bond acceptors (Lipinski definition) is 2. The molecule has 0 saturated heterocycles. The summed E-state index contributed by atoms with van der Waals surface area (Å²) in [6.45, 7) is 8.51. The summed E-state index contributed by atoms with van der Waals surface area (Å²) in [5, 5.41) is 3.10. The average molecular weight is 386 g/mol. The summed E-state index contributed by atoms with van der Waals surface area (Å²) >= 11 is 0. The van der Waals surface area contributed by atoms with Crippen LogP contribution in [0.4, 0.5) is 0 Å². The van der Waals surface area contributed by atoms with Crippen molar-refractivity contribution in [3.05, 3.63) is 82.4 Å². The second-order valence-electron chi connectivity index (χ2n) is 7.73.